The fraction of sp³-hybridized carbons (Fsp3) is 0.867. The molecule has 0 spiro atoms. The van der Waals surface area contributed by atoms with Crippen molar-refractivity contribution in [3.63, 3.8) is 0 Å². The van der Waals surface area contributed by atoms with Gasteiger partial charge >= 0.3 is 0 Å². The summed E-state index contributed by atoms with van der Waals surface area (Å²) in [5.74, 6) is 0.975. The van der Waals surface area contributed by atoms with Crippen LogP contribution in [-0.2, 0) is 9.59 Å². The van der Waals surface area contributed by atoms with Crippen LogP contribution in [0.3, 0.4) is 0 Å². The topological polar surface area (TPSA) is 34.1 Å². The van der Waals surface area contributed by atoms with Crippen LogP contribution in [0.5, 0.6) is 0 Å². The number of rotatable bonds is 4. The Bertz CT molecular complexity index is 280. The normalized spacial score (nSPS) is 20.7. The average molecular weight is 307 g/mol. The van der Waals surface area contributed by atoms with Crippen molar-refractivity contribution in [1.29, 1.82) is 0 Å². The fourth-order valence-electron chi connectivity index (χ4n) is 2.95. The second kappa shape index (κ2) is 9.77. The molecule has 0 aromatic carbocycles. The molecule has 19 heavy (non-hydrogen) atoms. The van der Waals surface area contributed by atoms with E-state index in [-0.39, 0.29) is 16.4 Å². The zero-order valence-corrected chi connectivity index (χ0v) is 13.0. The van der Waals surface area contributed by atoms with Gasteiger partial charge in [0.1, 0.15) is 0 Å². The second-order valence-corrected chi connectivity index (χ2v) is 6.48. The summed E-state index contributed by atoms with van der Waals surface area (Å²) in [7, 11) is 0. The van der Waals surface area contributed by atoms with Gasteiger partial charge in [-0.1, -0.05) is 44.9 Å². The minimum absolute atomic E-state index is 0.130. The summed E-state index contributed by atoms with van der Waals surface area (Å²) in [6.45, 7) is 0. The Balaban J connectivity index is 0.000000191. The first-order chi connectivity index (χ1) is 9.09. The molecule has 2 nitrogen and oxygen atoms in total. The maximum atomic E-state index is 10.6. The smallest absolute Gasteiger partial charge is 0.224 e. The number of carbonyl (C=O) groups is 2. The van der Waals surface area contributed by atoms with Crippen molar-refractivity contribution >= 4 is 33.7 Å². The molecule has 0 aliphatic heterocycles. The largest absolute Gasteiger partial charge is 0.281 e. The SMILES string of the molecule is O=C(Cl)C1CCCCC1.O=C(Cl)CCC1CCCC1. The molecule has 0 N–H and O–H groups in total. The Morgan fingerprint density at radius 2 is 1.37 bits per heavy atom. The summed E-state index contributed by atoms with van der Waals surface area (Å²) in [4.78, 5) is 20.9. The molecule has 0 atom stereocenters. The van der Waals surface area contributed by atoms with Crippen LogP contribution in [0.25, 0.3) is 0 Å². The van der Waals surface area contributed by atoms with Gasteiger partial charge in [0.05, 0.1) is 0 Å². The van der Waals surface area contributed by atoms with E-state index in [4.69, 9.17) is 23.2 Å². The lowest BCUT2D eigenvalue weighted by Gasteiger charge is -2.16. The van der Waals surface area contributed by atoms with E-state index in [1.165, 1.54) is 44.9 Å². The summed E-state index contributed by atoms with van der Waals surface area (Å²) in [5, 5.41) is -0.304. The molecule has 0 amide bonds. The summed E-state index contributed by atoms with van der Waals surface area (Å²) in [6, 6.07) is 0. The molecule has 2 rings (SSSR count). The Morgan fingerprint density at radius 3 is 1.79 bits per heavy atom. The van der Waals surface area contributed by atoms with Gasteiger partial charge < -0.3 is 0 Å². The highest BCUT2D eigenvalue weighted by Gasteiger charge is 2.18. The summed E-state index contributed by atoms with van der Waals surface area (Å²) in [6.07, 6.45) is 12.6. The van der Waals surface area contributed by atoms with E-state index < -0.39 is 0 Å². The van der Waals surface area contributed by atoms with Gasteiger partial charge in [-0.3, -0.25) is 9.59 Å². The molecule has 2 fully saturated rings. The summed E-state index contributed by atoms with van der Waals surface area (Å²) < 4.78 is 0. The van der Waals surface area contributed by atoms with Crippen LogP contribution in [0, 0.1) is 11.8 Å². The molecule has 0 radical (unpaired) electrons. The molecule has 2 saturated carbocycles. The van der Waals surface area contributed by atoms with Gasteiger partial charge in [0.25, 0.3) is 0 Å². The molecular weight excluding hydrogens is 283 g/mol. The van der Waals surface area contributed by atoms with E-state index in [9.17, 15) is 9.59 Å². The average Bonchev–Trinajstić information content (AvgIpc) is 2.91. The first-order valence-corrected chi connectivity index (χ1v) is 8.23. The Labute approximate surface area is 126 Å². The first-order valence-electron chi connectivity index (χ1n) is 7.47. The Kier molecular flexibility index (Phi) is 8.72. The highest BCUT2D eigenvalue weighted by Crippen LogP contribution is 2.28. The van der Waals surface area contributed by atoms with Crippen molar-refractivity contribution in [2.75, 3.05) is 0 Å². The van der Waals surface area contributed by atoms with Gasteiger partial charge in [-0.05, 0) is 48.4 Å². The molecule has 0 aromatic rings. The Morgan fingerprint density at radius 1 is 0.842 bits per heavy atom. The van der Waals surface area contributed by atoms with Gasteiger partial charge in [-0.2, -0.15) is 0 Å². The summed E-state index contributed by atoms with van der Waals surface area (Å²) >= 11 is 10.5. The number of hydrogen-bond acceptors (Lipinski definition) is 2. The highest BCUT2D eigenvalue weighted by molar-refractivity contribution is 6.64. The third kappa shape index (κ3) is 7.94. The number of hydrogen-bond donors (Lipinski definition) is 0. The third-order valence-corrected chi connectivity index (χ3v) is 4.65. The van der Waals surface area contributed by atoms with Crippen molar-refractivity contribution < 1.29 is 9.59 Å². The van der Waals surface area contributed by atoms with Crippen molar-refractivity contribution in [3.8, 4) is 0 Å². The molecule has 4 heteroatoms. The maximum absolute atomic E-state index is 10.6. The molecule has 0 bridgehead atoms. The van der Waals surface area contributed by atoms with Crippen LogP contribution in [0.4, 0.5) is 0 Å². The van der Waals surface area contributed by atoms with Crippen LogP contribution >= 0.6 is 23.2 Å². The van der Waals surface area contributed by atoms with Crippen molar-refractivity contribution in [3.05, 3.63) is 0 Å². The molecule has 110 valence electrons. The quantitative estimate of drug-likeness (QED) is 0.681. The van der Waals surface area contributed by atoms with Gasteiger partial charge in [-0.25, -0.2) is 0 Å². The first kappa shape index (κ1) is 17.0. The predicted molar refractivity (Wildman–Crippen MR) is 79.5 cm³/mol. The predicted octanol–water partition coefficient (Wildman–Crippen LogP) is 5.05. The number of halogens is 2. The summed E-state index contributed by atoms with van der Waals surface area (Å²) in [5.41, 5.74) is 0. The lowest BCUT2D eigenvalue weighted by Crippen LogP contribution is -2.12. The minimum Gasteiger partial charge on any atom is -0.281 e. The van der Waals surface area contributed by atoms with Crippen LogP contribution in [0.15, 0.2) is 0 Å². The van der Waals surface area contributed by atoms with Crippen LogP contribution in [0.2, 0.25) is 0 Å². The van der Waals surface area contributed by atoms with E-state index >= 15 is 0 Å². The Hall–Kier alpha value is -0.0800. The maximum Gasteiger partial charge on any atom is 0.224 e. The van der Waals surface area contributed by atoms with Gasteiger partial charge in [0.15, 0.2) is 0 Å². The molecule has 0 heterocycles. The molecule has 0 unspecified atom stereocenters. The molecule has 2 aliphatic carbocycles. The van der Waals surface area contributed by atoms with Gasteiger partial charge in [0.2, 0.25) is 10.5 Å². The molecule has 0 saturated heterocycles. The van der Waals surface area contributed by atoms with E-state index in [1.54, 1.807) is 0 Å². The van der Waals surface area contributed by atoms with Crippen molar-refractivity contribution in [2.45, 2.75) is 70.6 Å². The van der Waals surface area contributed by atoms with E-state index in [0.717, 1.165) is 25.2 Å². The van der Waals surface area contributed by atoms with Gasteiger partial charge in [0, 0.05) is 12.3 Å². The van der Waals surface area contributed by atoms with E-state index in [2.05, 4.69) is 0 Å². The molecule has 2 aliphatic rings. The zero-order valence-electron chi connectivity index (χ0n) is 11.5. The van der Waals surface area contributed by atoms with Crippen molar-refractivity contribution in [2.24, 2.45) is 11.8 Å². The number of carbonyl (C=O) groups excluding carboxylic acids is 2. The van der Waals surface area contributed by atoms with E-state index in [1.807, 2.05) is 0 Å². The minimum atomic E-state index is -0.174. The standard InChI is InChI=1S/C8H13ClO.C7H11ClO/c9-8(10)6-5-7-3-1-2-4-7;8-7(9)6-4-2-1-3-5-6/h7H,1-6H2;6H,1-5H2. The molecular formula is C15H24Cl2O2. The molecule has 0 aromatic heterocycles. The monoisotopic (exact) mass is 306 g/mol. The van der Waals surface area contributed by atoms with Crippen molar-refractivity contribution in [1.82, 2.24) is 0 Å². The lowest BCUT2D eigenvalue weighted by molar-refractivity contribution is -0.116. The zero-order chi connectivity index (χ0) is 14.1. The highest BCUT2D eigenvalue weighted by atomic mass is 35.5. The van der Waals surface area contributed by atoms with Crippen LogP contribution < -0.4 is 0 Å². The van der Waals surface area contributed by atoms with Crippen LogP contribution in [-0.4, -0.2) is 10.5 Å². The lowest BCUT2D eigenvalue weighted by atomic mass is 9.90. The van der Waals surface area contributed by atoms with Crippen LogP contribution in [0.1, 0.15) is 70.6 Å². The second-order valence-electron chi connectivity index (χ2n) is 5.68. The van der Waals surface area contributed by atoms with Gasteiger partial charge in [-0.15, -0.1) is 0 Å². The fourth-order valence-corrected chi connectivity index (χ4v) is 3.27. The third-order valence-electron chi connectivity index (χ3n) is 4.15. The van der Waals surface area contributed by atoms with E-state index in [0.29, 0.717) is 6.42 Å².